The van der Waals surface area contributed by atoms with Crippen LogP contribution < -0.4 is 5.69 Å². The lowest BCUT2D eigenvalue weighted by molar-refractivity contribution is -0.129. The van der Waals surface area contributed by atoms with Crippen molar-refractivity contribution in [2.24, 2.45) is 5.92 Å². The zero-order valence-electron chi connectivity index (χ0n) is 17.2. The lowest BCUT2D eigenvalue weighted by atomic mass is 9.93. The van der Waals surface area contributed by atoms with Crippen LogP contribution in [-0.4, -0.2) is 44.4 Å². The average Bonchev–Trinajstić information content (AvgIpc) is 3.15. The molecule has 162 valence electrons. The molecule has 1 N–H and O–H groups in total. The summed E-state index contributed by atoms with van der Waals surface area (Å²) >= 11 is 1.64. The largest absolute Gasteiger partial charge is 0.348 e. The van der Waals surface area contributed by atoms with Crippen molar-refractivity contribution < 1.29 is 9.18 Å². The summed E-state index contributed by atoms with van der Waals surface area (Å²) in [5.74, 6) is 1.84. The van der Waals surface area contributed by atoms with Crippen molar-refractivity contribution in [1.29, 1.82) is 0 Å². The fraction of sp³-hybridized carbons (Fsp3) is 0.348. The summed E-state index contributed by atoms with van der Waals surface area (Å²) in [4.78, 5) is 26.7. The molecular weight excluding hydrogens is 415 g/mol. The number of carbonyl (C=O) groups excluding carboxylic acids is 1. The van der Waals surface area contributed by atoms with Crippen LogP contribution in [0.25, 0.3) is 5.69 Å². The van der Waals surface area contributed by atoms with Gasteiger partial charge in [0.05, 0.1) is 11.4 Å². The van der Waals surface area contributed by atoms with E-state index in [1.54, 1.807) is 30.0 Å². The number of rotatable bonds is 7. The van der Waals surface area contributed by atoms with Crippen LogP contribution in [0.5, 0.6) is 0 Å². The monoisotopic (exact) mass is 440 g/mol. The second-order valence-corrected chi connectivity index (χ2v) is 8.72. The second kappa shape index (κ2) is 9.96. The van der Waals surface area contributed by atoms with Gasteiger partial charge in [-0.3, -0.25) is 4.79 Å². The number of likely N-dealkylation sites (tertiary alicyclic amines) is 1. The van der Waals surface area contributed by atoms with Crippen molar-refractivity contribution >= 4 is 17.7 Å². The van der Waals surface area contributed by atoms with Gasteiger partial charge in [-0.1, -0.05) is 42.5 Å². The first-order chi connectivity index (χ1) is 15.1. The van der Waals surface area contributed by atoms with Gasteiger partial charge < -0.3 is 4.90 Å². The van der Waals surface area contributed by atoms with Crippen LogP contribution in [0, 0.1) is 11.7 Å². The van der Waals surface area contributed by atoms with Crippen LogP contribution >= 0.6 is 11.8 Å². The molecule has 4 rings (SSSR count). The molecule has 31 heavy (non-hydrogen) atoms. The van der Waals surface area contributed by atoms with Gasteiger partial charge in [-0.05, 0) is 36.5 Å². The Labute approximate surface area is 184 Å². The Morgan fingerprint density at radius 1 is 1.10 bits per heavy atom. The zero-order valence-corrected chi connectivity index (χ0v) is 18.0. The van der Waals surface area contributed by atoms with Crippen LogP contribution in [0.3, 0.4) is 0 Å². The van der Waals surface area contributed by atoms with E-state index in [4.69, 9.17) is 0 Å². The lowest BCUT2D eigenvalue weighted by Gasteiger charge is -2.31. The Hall–Kier alpha value is -2.87. The van der Waals surface area contributed by atoms with Crippen molar-refractivity contribution in [1.82, 2.24) is 19.7 Å². The molecule has 1 aliphatic heterocycles. The van der Waals surface area contributed by atoms with Crippen LogP contribution in [0.4, 0.5) is 4.39 Å². The summed E-state index contributed by atoms with van der Waals surface area (Å²) in [5, 5.41) is 6.57. The number of aromatic nitrogens is 3. The normalized spacial score (nSPS) is 14.7. The van der Waals surface area contributed by atoms with Gasteiger partial charge in [-0.25, -0.2) is 18.9 Å². The van der Waals surface area contributed by atoms with Gasteiger partial charge in [-0.15, -0.1) is 11.8 Å². The van der Waals surface area contributed by atoms with E-state index in [-0.39, 0.29) is 11.6 Å². The first kappa shape index (κ1) is 21.4. The highest BCUT2D eigenvalue weighted by Gasteiger charge is 2.25. The topological polar surface area (TPSA) is 71.0 Å². The number of carbonyl (C=O) groups is 1. The number of halogens is 1. The molecular formula is C23H25FN4O2S. The number of hydrogen-bond donors (Lipinski definition) is 1. The smallest absolute Gasteiger partial charge is 0.342 e. The van der Waals surface area contributed by atoms with Crippen LogP contribution in [-0.2, 0) is 17.0 Å². The van der Waals surface area contributed by atoms with E-state index in [9.17, 15) is 14.0 Å². The van der Waals surface area contributed by atoms with Gasteiger partial charge in [0.15, 0.2) is 0 Å². The third-order valence-electron chi connectivity index (χ3n) is 5.61. The van der Waals surface area contributed by atoms with Crippen LogP contribution in [0.15, 0.2) is 59.4 Å². The summed E-state index contributed by atoms with van der Waals surface area (Å²) in [6.45, 7) is 1.40. The van der Waals surface area contributed by atoms with E-state index < -0.39 is 11.5 Å². The van der Waals surface area contributed by atoms with E-state index in [1.807, 2.05) is 23.1 Å². The Morgan fingerprint density at radius 3 is 2.55 bits per heavy atom. The number of hydrogen-bond acceptors (Lipinski definition) is 4. The molecule has 1 aromatic heterocycles. The molecule has 0 radical (unpaired) electrons. The summed E-state index contributed by atoms with van der Waals surface area (Å²) < 4.78 is 15.5. The molecule has 0 spiro atoms. The number of para-hydroxylation sites is 1. The van der Waals surface area contributed by atoms with Crippen molar-refractivity contribution in [3.8, 4) is 5.69 Å². The highest BCUT2D eigenvalue weighted by Crippen LogP contribution is 2.23. The molecule has 0 saturated carbocycles. The molecule has 6 nitrogen and oxygen atoms in total. The van der Waals surface area contributed by atoms with Gasteiger partial charge in [0.2, 0.25) is 5.91 Å². The number of aromatic amines is 1. The third kappa shape index (κ3) is 5.25. The first-order valence-electron chi connectivity index (χ1n) is 10.4. The minimum absolute atomic E-state index is 0.169. The van der Waals surface area contributed by atoms with Crippen LogP contribution in [0.1, 0.15) is 24.2 Å². The molecule has 8 heteroatoms. The van der Waals surface area contributed by atoms with Gasteiger partial charge in [-0.2, -0.15) is 5.10 Å². The van der Waals surface area contributed by atoms with E-state index in [0.717, 1.165) is 18.6 Å². The van der Waals surface area contributed by atoms with Crippen molar-refractivity contribution in [3.05, 3.63) is 82.3 Å². The summed E-state index contributed by atoms with van der Waals surface area (Å²) in [7, 11) is 0. The molecule has 2 heterocycles. The highest BCUT2D eigenvalue weighted by atomic mass is 32.2. The Balaban J connectivity index is 1.30. The predicted octanol–water partition coefficient (Wildman–Crippen LogP) is 3.41. The summed E-state index contributed by atoms with van der Waals surface area (Å²) in [5.41, 5.74) is 0.987. The number of amides is 1. The van der Waals surface area contributed by atoms with Gasteiger partial charge in [0.1, 0.15) is 11.6 Å². The summed E-state index contributed by atoms with van der Waals surface area (Å²) in [6.07, 6.45) is 2.25. The fourth-order valence-electron chi connectivity index (χ4n) is 3.91. The molecule has 1 aliphatic rings. The minimum atomic E-state index is -0.458. The van der Waals surface area contributed by atoms with E-state index in [0.29, 0.717) is 37.0 Å². The molecule has 1 fully saturated rings. The van der Waals surface area contributed by atoms with Crippen molar-refractivity contribution in [2.45, 2.75) is 25.0 Å². The minimum Gasteiger partial charge on any atom is -0.342 e. The van der Waals surface area contributed by atoms with Gasteiger partial charge >= 0.3 is 5.69 Å². The van der Waals surface area contributed by atoms with E-state index in [1.165, 1.54) is 16.2 Å². The van der Waals surface area contributed by atoms with Crippen molar-refractivity contribution in [3.63, 3.8) is 0 Å². The molecule has 0 unspecified atom stereocenters. The molecule has 0 aliphatic carbocycles. The first-order valence-corrected chi connectivity index (χ1v) is 11.6. The number of H-pyrrole nitrogens is 1. The molecule has 1 amide bonds. The Morgan fingerprint density at radius 2 is 1.81 bits per heavy atom. The van der Waals surface area contributed by atoms with Gasteiger partial charge in [0, 0.05) is 25.3 Å². The maximum absolute atomic E-state index is 14.2. The van der Waals surface area contributed by atoms with E-state index in [2.05, 4.69) is 22.3 Å². The number of piperidine rings is 1. The zero-order chi connectivity index (χ0) is 21.6. The maximum Gasteiger partial charge on any atom is 0.348 e. The fourth-order valence-corrected chi connectivity index (χ4v) is 4.80. The summed E-state index contributed by atoms with van der Waals surface area (Å²) in [6, 6.07) is 16.3. The van der Waals surface area contributed by atoms with Crippen molar-refractivity contribution in [2.75, 3.05) is 18.8 Å². The number of nitrogens with zero attached hydrogens (tertiary/aromatic N) is 3. The Bertz CT molecular complexity index is 1070. The molecule has 2 aromatic carbocycles. The quantitative estimate of drug-likeness (QED) is 0.611. The SMILES string of the molecule is O=C(CSCc1ccccc1)N1CCC(Cc2n[nH]c(=O)n2-c2ccccc2F)CC1. The van der Waals surface area contributed by atoms with Gasteiger partial charge in [0.25, 0.3) is 0 Å². The average molecular weight is 441 g/mol. The number of nitrogens with one attached hydrogen (secondary N) is 1. The van der Waals surface area contributed by atoms with E-state index >= 15 is 0 Å². The molecule has 0 bridgehead atoms. The Kier molecular flexibility index (Phi) is 6.86. The number of thioether (sulfide) groups is 1. The second-order valence-electron chi connectivity index (χ2n) is 7.74. The molecule has 1 saturated heterocycles. The third-order valence-corrected chi connectivity index (χ3v) is 6.60. The maximum atomic E-state index is 14.2. The number of benzene rings is 2. The highest BCUT2D eigenvalue weighted by molar-refractivity contribution is 7.99. The lowest BCUT2D eigenvalue weighted by Crippen LogP contribution is -2.40. The predicted molar refractivity (Wildman–Crippen MR) is 120 cm³/mol. The molecule has 3 aromatic rings. The van der Waals surface area contributed by atoms with Crippen LogP contribution in [0.2, 0.25) is 0 Å². The molecule has 0 atom stereocenters. The standard InChI is InChI=1S/C23H25FN4O2S/c24-19-8-4-5-9-20(19)28-21(25-26-23(28)30)14-17-10-12-27(13-11-17)22(29)16-31-15-18-6-2-1-3-7-18/h1-9,17H,10-16H2,(H,26,30).